The molecule has 3 aromatic carbocycles. The first kappa shape index (κ1) is 26.5. The van der Waals surface area contributed by atoms with Crippen LogP contribution >= 0.6 is 11.8 Å². The van der Waals surface area contributed by atoms with Crippen molar-refractivity contribution in [1.29, 1.82) is 0 Å². The van der Waals surface area contributed by atoms with E-state index >= 15 is 0 Å². The number of rotatable bonds is 12. The Morgan fingerprint density at radius 3 is 2.74 bits per heavy atom. The Hall–Kier alpha value is -4.58. The number of methoxy groups -OCH3 is 1. The molecule has 2 amide bonds. The molecule has 0 saturated carbocycles. The number of aromatic nitrogens is 3. The second-order valence-corrected chi connectivity index (χ2v) is 9.03. The van der Waals surface area contributed by atoms with E-state index in [2.05, 4.69) is 44.2 Å². The third-order valence-electron chi connectivity index (χ3n) is 5.44. The van der Waals surface area contributed by atoms with Gasteiger partial charge in [0.05, 0.1) is 25.6 Å². The molecule has 196 valence electrons. The summed E-state index contributed by atoms with van der Waals surface area (Å²) in [6, 6.07) is 19.3. The van der Waals surface area contributed by atoms with Crippen LogP contribution in [0.4, 0.5) is 5.69 Å². The minimum absolute atomic E-state index is 0.114. The number of primary amides is 1. The Morgan fingerprint density at radius 1 is 1.11 bits per heavy atom. The van der Waals surface area contributed by atoms with E-state index in [9.17, 15) is 9.59 Å². The van der Waals surface area contributed by atoms with Crippen molar-refractivity contribution in [2.45, 2.75) is 11.7 Å². The number of hydrogen-bond donors (Lipinski definition) is 3. The zero-order valence-electron chi connectivity index (χ0n) is 20.9. The lowest BCUT2D eigenvalue weighted by Crippen LogP contribution is -2.20. The summed E-state index contributed by atoms with van der Waals surface area (Å²) in [4.78, 5) is 23.2. The Kier molecular flexibility index (Phi) is 8.77. The average Bonchev–Trinajstić information content (AvgIpc) is 3.28. The highest BCUT2D eigenvalue weighted by atomic mass is 32.2. The number of nitrogens with zero attached hydrogens (tertiary/aromatic N) is 4. The highest BCUT2D eigenvalue weighted by Gasteiger charge is 2.12. The van der Waals surface area contributed by atoms with E-state index < -0.39 is 5.91 Å². The Labute approximate surface area is 223 Å². The van der Waals surface area contributed by atoms with Crippen molar-refractivity contribution in [1.82, 2.24) is 20.2 Å². The number of hydrogen-bond acceptors (Lipinski definition) is 9. The predicted octanol–water partition coefficient (Wildman–Crippen LogP) is 2.70. The van der Waals surface area contributed by atoms with Crippen LogP contribution in [0.15, 0.2) is 70.9 Å². The molecule has 0 aliphatic heterocycles. The Morgan fingerprint density at radius 2 is 1.92 bits per heavy atom. The predicted molar refractivity (Wildman–Crippen MR) is 146 cm³/mol. The summed E-state index contributed by atoms with van der Waals surface area (Å²) in [5, 5.41) is 18.8. The van der Waals surface area contributed by atoms with Gasteiger partial charge >= 0.3 is 0 Å². The van der Waals surface area contributed by atoms with Crippen LogP contribution in [0, 0.1) is 0 Å². The minimum Gasteiger partial charge on any atom is -0.493 e. The zero-order valence-corrected chi connectivity index (χ0v) is 21.7. The number of anilines is 1. The number of hydrazone groups is 1. The lowest BCUT2D eigenvalue weighted by atomic mass is 10.1. The maximum atomic E-state index is 12.3. The molecule has 11 nitrogen and oxygen atoms in total. The number of nitrogens with one attached hydrogen (secondary N) is 2. The fourth-order valence-corrected chi connectivity index (χ4v) is 4.27. The standard InChI is InChI=1S/C26H27N7O4S/c1-33-24(14-28-20-9-5-7-18-6-3-4-8-19(18)20)30-32-26(33)38-16-25(35)31-29-13-17-10-11-21(22(12-17)36-2)37-15-23(27)34/h3-13,28H,14-16H2,1-2H3,(H2,27,34)(H,31,35)/b29-13+. The van der Waals surface area contributed by atoms with E-state index in [4.69, 9.17) is 15.2 Å². The van der Waals surface area contributed by atoms with Gasteiger partial charge in [0.1, 0.15) is 0 Å². The smallest absolute Gasteiger partial charge is 0.255 e. The Bertz CT molecular complexity index is 1470. The first-order chi connectivity index (χ1) is 18.4. The van der Waals surface area contributed by atoms with Crippen LogP contribution in [0.3, 0.4) is 0 Å². The van der Waals surface area contributed by atoms with E-state index in [-0.39, 0.29) is 18.3 Å². The molecule has 0 radical (unpaired) electrons. The van der Waals surface area contributed by atoms with Crippen molar-refractivity contribution in [2.24, 2.45) is 17.9 Å². The van der Waals surface area contributed by atoms with Gasteiger partial charge in [-0.2, -0.15) is 5.10 Å². The van der Waals surface area contributed by atoms with Crippen molar-refractivity contribution in [3.63, 3.8) is 0 Å². The van der Waals surface area contributed by atoms with Crippen LogP contribution < -0.4 is 25.9 Å². The molecule has 4 rings (SSSR count). The molecular formula is C26H27N7O4S. The van der Waals surface area contributed by atoms with Crippen molar-refractivity contribution in [3.8, 4) is 11.5 Å². The lowest BCUT2D eigenvalue weighted by molar-refractivity contribution is -0.120. The Balaban J connectivity index is 1.27. The van der Waals surface area contributed by atoms with Gasteiger partial charge in [0.15, 0.2) is 29.1 Å². The summed E-state index contributed by atoms with van der Waals surface area (Å²) in [6.45, 7) is 0.232. The van der Waals surface area contributed by atoms with Crippen LogP contribution in [0.25, 0.3) is 10.8 Å². The fourth-order valence-electron chi connectivity index (χ4n) is 3.55. The van der Waals surface area contributed by atoms with Crippen molar-refractivity contribution >= 4 is 46.3 Å². The number of benzene rings is 3. The molecule has 0 unspecified atom stereocenters. The van der Waals surface area contributed by atoms with Crippen LogP contribution in [-0.2, 0) is 23.2 Å². The minimum atomic E-state index is -0.589. The highest BCUT2D eigenvalue weighted by molar-refractivity contribution is 7.99. The SMILES string of the molecule is COc1cc(/C=N/NC(=O)CSc2nnc(CNc3cccc4ccccc34)n2C)ccc1OCC(N)=O. The molecule has 4 N–H and O–H groups in total. The summed E-state index contributed by atoms with van der Waals surface area (Å²) in [5.74, 6) is 0.760. The number of thioether (sulfide) groups is 1. The van der Waals surface area contributed by atoms with Gasteiger partial charge in [0.25, 0.3) is 11.8 Å². The van der Waals surface area contributed by atoms with Crippen LogP contribution in [0.1, 0.15) is 11.4 Å². The third kappa shape index (κ3) is 6.79. The number of ether oxygens (including phenoxy) is 2. The van der Waals surface area contributed by atoms with Crippen LogP contribution in [0.2, 0.25) is 0 Å². The summed E-state index contributed by atoms with van der Waals surface area (Å²) in [7, 11) is 3.34. The second kappa shape index (κ2) is 12.6. The summed E-state index contributed by atoms with van der Waals surface area (Å²) >= 11 is 1.26. The van der Waals surface area contributed by atoms with E-state index in [1.807, 2.05) is 35.9 Å². The van der Waals surface area contributed by atoms with Gasteiger partial charge in [-0.25, -0.2) is 5.43 Å². The van der Waals surface area contributed by atoms with E-state index in [1.54, 1.807) is 18.2 Å². The molecule has 12 heteroatoms. The largest absolute Gasteiger partial charge is 0.493 e. The maximum Gasteiger partial charge on any atom is 0.255 e. The molecule has 0 aliphatic carbocycles. The molecule has 0 saturated heterocycles. The molecule has 1 heterocycles. The maximum absolute atomic E-state index is 12.3. The molecule has 0 bridgehead atoms. The topological polar surface area (TPSA) is 146 Å². The van der Waals surface area contributed by atoms with E-state index in [0.29, 0.717) is 28.8 Å². The van der Waals surface area contributed by atoms with Gasteiger partial charge in [0, 0.05) is 18.1 Å². The van der Waals surface area contributed by atoms with Gasteiger partial charge in [-0.3, -0.25) is 9.59 Å². The van der Waals surface area contributed by atoms with E-state index in [0.717, 1.165) is 22.3 Å². The second-order valence-electron chi connectivity index (χ2n) is 8.09. The van der Waals surface area contributed by atoms with Crippen LogP contribution in [-0.4, -0.2) is 52.3 Å². The molecule has 38 heavy (non-hydrogen) atoms. The van der Waals surface area contributed by atoms with Gasteiger partial charge in [0.2, 0.25) is 0 Å². The fraction of sp³-hybridized carbons (Fsp3) is 0.192. The first-order valence-electron chi connectivity index (χ1n) is 11.6. The highest BCUT2D eigenvalue weighted by Crippen LogP contribution is 2.27. The molecule has 0 fully saturated rings. The summed E-state index contributed by atoms with van der Waals surface area (Å²) < 4.78 is 12.4. The van der Waals surface area contributed by atoms with Gasteiger partial charge in [-0.1, -0.05) is 48.2 Å². The van der Waals surface area contributed by atoms with Crippen molar-refractivity contribution in [3.05, 3.63) is 72.1 Å². The first-order valence-corrected chi connectivity index (χ1v) is 12.6. The third-order valence-corrected chi connectivity index (χ3v) is 6.46. The number of fused-ring (bicyclic) bond motifs is 1. The number of nitrogens with two attached hydrogens (primary N) is 1. The molecular weight excluding hydrogens is 506 g/mol. The van der Waals surface area contributed by atoms with Gasteiger partial charge < -0.3 is 25.1 Å². The van der Waals surface area contributed by atoms with Gasteiger partial charge in [-0.15, -0.1) is 10.2 Å². The quantitative estimate of drug-likeness (QED) is 0.143. The molecule has 0 aliphatic rings. The molecule has 0 atom stereocenters. The average molecular weight is 534 g/mol. The monoisotopic (exact) mass is 533 g/mol. The zero-order chi connectivity index (χ0) is 26.9. The molecule has 4 aromatic rings. The lowest BCUT2D eigenvalue weighted by Gasteiger charge is -2.10. The van der Waals surface area contributed by atoms with Crippen molar-refractivity contribution in [2.75, 3.05) is 24.8 Å². The van der Waals surface area contributed by atoms with Crippen molar-refractivity contribution < 1.29 is 19.1 Å². The summed E-state index contributed by atoms with van der Waals surface area (Å²) in [5.41, 5.74) is 9.27. The van der Waals surface area contributed by atoms with E-state index in [1.165, 1.54) is 25.1 Å². The normalized spacial score (nSPS) is 11.0. The van der Waals surface area contributed by atoms with Crippen LogP contribution in [0.5, 0.6) is 11.5 Å². The summed E-state index contributed by atoms with van der Waals surface area (Å²) in [6.07, 6.45) is 1.47. The number of carbonyl (C=O) groups is 2. The number of amides is 2. The number of carbonyl (C=O) groups excluding carboxylic acids is 2. The van der Waals surface area contributed by atoms with Gasteiger partial charge in [-0.05, 0) is 35.2 Å². The molecule has 1 aromatic heterocycles. The molecule has 0 spiro atoms.